The van der Waals surface area contributed by atoms with Crippen LogP contribution in [-0.4, -0.2) is 59.8 Å². The number of nitrogens with zero attached hydrogens (tertiary/aromatic N) is 1. The van der Waals surface area contributed by atoms with Crippen molar-refractivity contribution in [3.8, 4) is 0 Å². The topological polar surface area (TPSA) is 130 Å². The fourth-order valence-corrected chi connectivity index (χ4v) is 4.69. The summed E-state index contributed by atoms with van der Waals surface area (Å²) in [5.41, 5.74) is 0. The molecule has 1 N–H and O–H groups in total. The summed E-state index contributed by atoms with van der Waals surface area (Å²) in [5.74, 6) is -1.81. The lowest BCUT2D eigenvalue weighted by molar-refractivity contribution is -0.211. The molecule has 1 aliphatic rings. The van der Waals surface area contributed by atoms with Crippen molar-refractivity contribution in [3.63, 3.8) is 0 Å². The normalized spacial score (nSPS) is 22.6. The fourth-order valence-electron chi connectivity index (χ4n) is 3.14. The number of esters is 3. The Morgan fingerprint density at radius 2 is 1.88 bits per heavy atom. The number of anilines is 1. The van der Waals surface area contributed by atoms with Gasteiger partial charge in [-0.25, -0.2) is 4.98 Å². The molecule has 0 aromatic carbocycles. The highest BCUT2D eigenvalue weighted by Gasteiger charge is 2.44. The van der Waals surface area contributed by atoms with Crippen molar-refractivity contribution < 1.29 is 38.1 Å². The molecule has 0 radical (unpaired) electrons. The largest absolute Gasteiger partial charge is 0.463 e. The Balaban J connectivity index is 1.75. The van der Waals surface area contributed by atoms with E-state index in [4.69, 9.17) is 18.9 Å². The second-order valence-electron chi connectivity index (χ2n) is 6.90. The summed E-state index contributed by atoms with van der Waals surface area (Å²) in [5, 5.41) is 5.31. The highest BCUT2D eigenvalue weighted by atomic mass is 32.1. The third kappa shape index (κ3) is 6.34. The van der Waals surface area contributed by atoms with E-state index in [-0.39, 0.29) is 18.8 Å². The van der Waals surface area contributed by atoms with Crippen LogP contribution in [-0.2, 0) is 33.3 Å². The van der Waals surface area contributed by atoms with Crippen LogP contribution in [0.2, 0.25) is 0 Å². The molecule has 4 atom stereocenters. The van der Waals surface area contributed by atoms with Gasteiger partial charge in [-0.1, -0.05) is 17.4 Å². The zero-order chi connectivity index (χ0) is 23.3. The molecule has 0 amide bonds. The summed E-state index contributed by atoms with van der Waals surface area (Å²) in [6.45, 7) is 3.50. The van der Waals surface area contributed by atoms with Gasteiger partial charge in [0.05, 0.1) is 16.0 Å². The van der Waals surface area contributed by atoms with E-state index in [9.17, 15) is 19.2 Å². The molecular formula is C20H22N2O8S2. The van der Waals surface area contributed by atoms with Crippen molar-refractivity contribution in [2.24, 2.45) is 0 Å². The van der Waals surface area contributed by atoms with E-state index in [1.807, 2.05) is 5.38 Å². The monoisotopic (exact) mass is 482 g/mol. The van der Waals surface area contributed by atoms with Gasteiger partial charge in [0, 0.05) is 27.2 Å². The van der Waals surface area contributed by atoms with Crippen molar-refractivity contribution in [1.29, 1.82) is 0 Å². The molecule has 0 saturated carbocycles. The minimum atomic E-state index is -0.957. The second kappa shape index (κ2) is 10.7. The maximum Gasteiger partial charge on any atom is 0.303 e. The number of thiophene rings is 1. The molecule has 2 aromatic rings. The Kier molecular flexibility index (Phi) is 7.94. The van der Waals surface area contributed by atoms with Gasteiger partial charge in [0.15, 0.2) is 11.2 Å². The highest BCUT2D eigenvalue weighted by Crippen LogP contribution is 2.29. The maximum absolute atomic E-state index is 12.5. The van der Waals surface area contributed by atoms with Gasteiger partial charge in [-0.3, -0.25) is 19.2 Å². The van der Waals surface area contributed by atoms with Gasteiger partial charge in [0.2, 0.25) is 5.78 Å². The molecule has 1 saturated heterocycles. The number of carbonyl (C=O) groups is 4. The first-order chi connectivity index (χ1) is 15.2. The third-order valence-corrected chi connectivity index (χ3v) is 6.14. The van der Waals surface area contributed by atoms with Crippen LogP contribution in [0.1, 0.15) is 41.7 Å². The number of thiazole rings is 1. The molecule has 0 aliphatic carbocycles. The van der Waals surface area contributed by atoms with E-state index in [1.54, 1.807) is 12.1 Å². The summed E-state index contributed by atoms with van der Waals surface area (Å²) in [4.78, 5) is 52.3. The van der Waals surface area contributed by atoms with Gasteiger partial charge in [-0.2, -0.15) is 0 Å². The van der Waals surface area contributed by atoms with Gasteiger partial charge < -0.3 is 24.3 Å². The molecule has 1 fully saturated rings. The van der Waals surface area contributed by atoms with Crippen LogP contribution in [0.25, 0.3) is 0 Å². The van der Waals surface area contributed by atoms with Crippen LogP contribution in [0.15, 0.2) is 23.7 Å². The number of hydrogen-bond acceptors (Lipinski definition) is 12. The van der Waals surface area contributed by atoms with Crippen LogP contribution >= 0.6 is 22.7 Å². The zero-order valence-electron chi connectivity index (χ0n) is 17.6. The van der Waals surface area contributed by atoms with E-state index < -0.39 is 42.4 Å². The lowest BCUT2D eigenvalue weighted by Gasteiger charge is -2.40. The number of carbonyl (C=O) groups excluding carboxylic acids is 4. The van der Waals surface area contributed by atoms with Crippen LogP contribution in [0.4, 0.5) is 5.13 Å². The molecular weight excluding hydrogens is 460 g/mol. The average molecular weight is 483 g/mol. The fraction of sp³-hybridized carbons (Fsp3) is 0.450. The Labute approximate surface area is 191 Å². The summed E-state index contributed by atoms with van der Waals surface area (Å²) < 4.78 is 21.6. The molecule has 2 aromatic heterocycles. The zero-order valence-corrected chi connectivity index (χ0v) is 19.2. The van der Waals surface area contributed by atoms with Crippen molar-refractivity contribution in [1.82, 2.24) is 4.98 Å². The van der Waals surface area contributed by atoms with Crippen LogP contribution in [0.3, 0.4) is 0 Å². The lowest BCUT2D eigenvalue weighted by atomic mass is 10.0. The molecule has 32 heavy (non-hydrogen) atoms. The third-order valence-electron chi connectivity index (χ3n) is 4.35. The van der Waals surface area contributed by atoms with Crippen molar-refractivity contribution in [3.05, 3.63) is 33.5 Å². The number of rotatable bonds is 8. The summed E-state index contributed by atoms with van der Waals surface area (Å²) in [6, 6.07) is 3.54. The number of ketones is 1. The first-order valence-corrected chi connectivity index (χ1v) is 11.4. The molecule has 10 nitrogen and oxygen atoms in total. The predicted molar refractivity (Wildman–Crippen MR) is 115 cm³/mol. The van der Waals surface area contributed by atoms with E-state index in [0.717, 1.165) is 11.3 Å². The van der Waals surface area contributed by atoms with E-state index in [1.165, 1.54) is 38.3 Å². The Morgan fingerprint density at radius 3 is 2.50 bits per heavy atom. The maximum atomic E-state index is 12.5. The van der Waals surface area contributed by atoms with E-state index in [2.05, 4.69) is 10.3 Å². The van der Waals surface area contributed by atoms with Gasteiger partial charge in [-0.15, -0.1) is 11.3 Å². The Bertz CT molecular complexity index is 974. The molecule has 0 spiro atoms. The molecule has 172 valence electrons. The Morgan fingerprint density at radius 1 is 1.12 bits per heavy atom. The van der Waals surface area contributed by atoms with Gasteiger partial charge >= 0.3 is 17.9 Å². The van der Waals surface area contributed by atoms with E-state index >= 15 is 0 Å². The molecule has 0 bridgehead atoms. The first kappa shape index (κ1) is 23.8. The first-order valence-electron chi connectivity index (χ1n) is 9.66. The van der Waals surface area contributed by atoms with Gasteiger partial charge in [0.1, 0.15) is 25.0 Å². The minimum absolute atomic E-state index is 0.129. The molecule has 3 rings (SSSR count). The standard InChI is InChI=1S/C20H22N2O8S2/c1-10(23)27-9-14-19(29-12(3)25)13(28-11(2)24)7-17(30-14)22-20-21-8-16(32-20)18(26)15-5-4-6-31-15/h4-6,8,13-14,17,19H,7,9H2,1-3H3,(H,21,22)/t13-,14?,17+,19?/m1/s1. The SMILES string of the molecule is CC(=O)OCC1O[C@H](Nc2ncc(C(=O)c3cccs3)s2)C[C@@H](OC(C)=O)C1OC(C)=O. The summed E-state index contributed by atoms with van der Waals surface area (Å²) in [7, 11) is 0. The minimum Gasteiger partial charge on any atom is -0.463 e. The van der Waals surface area contributed by atoms with Crippen molar-refractivity contribution in [2.45, 2.75) is 51.7 Å². The Hall–Kier alpha value is -2.83. The van der Waals surface area contributed by atoms with Crippen LogP contribution in [0.5, 0.6) is 0 Å². The van der Waals surface area contributed by atoms with Crippen LogP contribution in [0, 0.1) is 0 Å². The molecule has 1 aliphatic heterocycles. The van der Waals surface area contributed by atoms with Gasteiger partial charge in [-0.05, 0) is 11.4 Å². The highest BCUT2D eigenvalue weighted by molar-refractivity contribution is 7.19. The second-order valence-corrected chi connectivity index (χ2v) is 8.88. The summed E-state index contributed by atoms with van der Waals surface area (Å²) in [6.07, 6.45) is -1.77. The van der Waals surface area contributed by atoms with Crippen LogP contribution < -0.4 is 5.32 Å². The van der Waals surface area contributed by atoms with Gasteiger partial charge in [0.25, 0.3) is 0 Å². The number of hydrogen-bond donors (Lipinski definition) is 1. The molecule has 12 heteroatoms. The average Bonchev–Trinajstić information content (AvgIpc) is 3.39. The van der Waals surface area contributed by atoms with Crippen molar-refractivity contribution >= 4 is 51.5 Å². The summed E-state index contributed by atoms with van der Waals surface area (Å²) >= 11 is 2.50. The number of aromatic nitrogens is 1. The smallest absolute Gasteiger partial charge is 0.303 e. The molecule has 2 unspecified atom stereocenters. The lowest BCUT2D eigenvalue weighted by Crippen LogP contribution is -2.55. The molecule has 3 heterocycles. The van der Waals surface area contributed by atoms with Crippen molar-refractivity contribution in [2.75, 3.05) is 11.9 Å². The number of nitrogens with one attached hydrogen (secondary N) is 1. The quantitative estimate of drug-likeness (QED) is 0.340. The number of ether oxygens (including phenoxy) is 4. The predicted octanol–water partition coefficient (Wildman–Crippen LogP) is 2.39. The van der Waals surface area contributed by atoms with E-state index in [0.29, 0.717) is 14.9 Å².